The van der Waals surface area contributed by atoms with Gasteiger partial charge in [0.1, 0.15) is 11.5 Å². The quantitative estimate of drug-likeness (QED) is 0.637. The standard InChI is InChI=1S/C16H16Br2O2/c1-19-13-7-3-11(4-8-13)15(17)16(18)12-5-9-14(20-2)10-6-12/h3-10,15-16H,1-2H3. The largest absolute Gasteiger partial charge is 0.497 e. The van der Waals surface area contributed by atoms with Crippen LogP contribution in [-0.2, 0) is 0 Å². The molecule has 20 heavy (non-hydrogen) atoms. The summed E-state index contributed by atoms with van der Waals surface area (Å²) in [5, 5.41) is 0. The third-order valence-corrected chi connectivity index (χ3v) is 5.95. The zero-order valence-electron chi connectivity index (χ0n) is 11.3. The van der Waals surface area contributed by atoms with E-state index in [0.717, 1.165) is 11.5 Å². The van der Waals surface area contributed by atoms with Gasteiger partial charge in [-0.3, -0.25) is 0 Å². The van der Waals surface area contributed by atoms with Crippen LogP contribution in [0.2, 0.25) is 0 Å². The molecule has 2 rings (SSSR count). The zero-order valence-corrected chi connectivity index (χ0v) is 14.5. The first-order chi connectivity index (χ1) is 9.65. The first kappa shape index (κ1) is 15.4. The van der Waals surface area contributed by atoms with Crippen LogP contribution in [0.15, 0.2) is 48.5 Å². The fourth-order valence-corrected chi connectivity index (χ4v) is 3.13. The maximum Gasteiger partial charge on any atom is 0.118 e. The Hall–Kier alpha value is -1.00. The molecule has 2 aromatic carbocycles. The van der Waals surface area contributed by atoms with Gasteiger partial charge in [0.05, 0.1) is 23.9 Å². The highest BCUT2D eigenvalue weighted by Crippen LogP contribution is 2.42. The van der Waals surface area contributed by atoms with Gasteiger partial charge in [0, 0.05) is 0 Å². The third kappa shape index (κ3) is 3.55. The van der Waals surface area contributed by atoms with E-state index in [1.807, 2.05) is 24.3 Å². The number of halogens is 2. The molecule has 0 aromatic heterocycles. The Kier molecular flexibility index (Phi) is 5.49. The molecule has 0 saturated carbocycles. The first-order valence-electron chi connectivity index (χ1n) is 6.21. The van der Waals surface area contributed by atoms with Gasteiger partial charge < -0.3 is 9.47 Å². The van der Waals surface area contributed by atoms with Crippen molar-refractivity contribution >= 4 is 31.9 Å². The number of hydrogen-bond donors (Lipinski definition) is 0. The van der Waals surface area contributed by atoms with E-state index in [9.17, 15) is 0 Å². The van der Waals surface area contributed by atoms with Crippen molar-refractivity contribution < 1.29 is 9.47 Å². The molecule has 0 aliphatic heterocycles. The molecule has 0 radical (unpaired) electrons. The van der Waals surface area contributed by atoms with Gasteiger partial charge in [-0.05, 0) is 35.4 Å². The maximum absolute atomic E-state index is 5.18. The van der Waals surface area contributed by atoms with E-state index in [1.54, 1.807) is 14.2 Å². The van der Waals surface area contributed by atoms with Crippen LogP contribution in [0.5, 0.6) is 11.5 Å². The van der Waals surface area contributed by atoms with Gasteiger partial charge in [-0.2, -0.15) is 0 Å². The second-order valence-corrected chi connectivity index (χ2v) is 6.32. The van der Waals surface area contributed by atoms with Crippen LogP contribution in [-0.4, -0.2) is 14.2 Å². The molecule has 0 fully saturated rings. The van der Waals surface area contributed by atoms with Crippen molar-refractivity contribution in [3.63, 3.8) is 0 Å². The minimum Gasteiger partial charge on any atom is -0.497 e. The summed E-state index contributed by atoms with van der Waals surface area (Å²) in [5.74, 6) is 1.73. The molecule has 4 heteroatoms. The minimum atomic E-state index is 0.182. The van der Waals surface area contributed by atoms with Gasteiger partial charge in [-0.25, -0.2) is 0 Å². The Morgan fingerprint density at radius 2 is 0.950 bits per heavy atom. The van der Waals surface area contributed by atoms with Crippen molar-refractivity contribution in [1.29, 1.82) is 0 Å². The van der Waals surface area contributed by atoms with Gasteiger partial charge >= 0.3 is 0 Å². The van der Waals surface area contributed by atoms with Crippen molar-refractivity contribution in [2.45, 2.75) is 9.65 Å². The highest BCUT2D eigenvalue weighted by atomic mass is 79.9. The Balaban J connectivity index is 2.15. The monoisotopic (exact) mass is 398 g/mol. The molecule has 0 heterocycles. The number of hydrogen-bond acceptors (Lipinski definition) is 2. The van der Waals surface area contributed by atoms with Gasteiger partial charge in [0.15, 0.2) is 0 Å². The predicted octanol–water partition coefficient (Wildman–Crippen LogP) is 5.28. The summed E-state index contributed by atoms with van der Waals surface area (Å²) in [5.41, 5.74) is 2.40. The highest BCUT2D eigenvalue weighted by Gasteiger charge is 2.19. The van der Waals surface area contributed by atoms with Crippen molar-refractivity contribution in [2.24, 2.45) is 0 Å². The predicted molar refractivity (Wildman–Crippen MR) is 89.3 cm³/mol. The van der Waals surface area contributed by atoms with Gasteiger partial charge in [0.2, 0.25) is 0 Å². The molecule has 2 nitrogen and oxygen atoms in total. The summed E-state index contributed by atoms with van der Waals surface area (Å²) >= 11 is 7.50. The van der Waals surface area contributed by atoms with E-state index in [0.29, 0.717) is 0 Å². The summed E-state index contributed by atoms with van der Waals surface area (Å²) in [6.45, 7) is 0. The van der Waals surface area contributed by atoms with E-state index >= 15 is 0 Å². The molecule has 0 amide bonds. The summed E-state index contributed by atoms with van der Waals surface area (Å²) in [6.07, 6.45) is 0. The third-order valence-electron chi connectivity index (χ3n) is 3.13. The number of methoxy groups -OCH3 is 2. The van der Waals surface area contributed by atoms with Crippen LogP contribution in [0.3, 0.4) is 0 Å². The average molecular weight is 400 g/mol. The number of benzene rings is 2. The zero-order chi connectivity index (χ0) is 14.5. The Morgan fingerprint density at radius 3 is 1.20 bits per heavy atom. The lowest BCUT2D eigenvalue weighted by Crippen LogP contribution is -1.99. The van der Waals surface area contributed by atoms with E-state index in [2.05, 4.69) is 56.1 Å². The average Bonchev–Trinajstić information content (AvgIpc) is 2.53. The van der Waals surface area contributed by atoms with E-state index < -0.39 is 0 Å². The normalized spacial score (nSPS) is 13.6. The summed E-state index contributed by atoms with van der Waals surface area (Å²) in [4.78, 5) is 0.364. The summed E-state index contributed by atoms with van der Waals surface area (Å²) in [7, 11) is 3.34. The van der Waals surface area contributed by atoms with Crippen molar-refractivity contribution in [3.05, 3.63) is 59.7 Å². The molecule has 106 valence electrons. The van der Waals surface area contributed by atoms with Gasteiger partial charge in [0.25, 0.3) is 0 Å². The molecule has 0 spiro atoms. The summed E-state index contributed by atoms with van der Waals surface area (Å²) in [6, 6.07) is 16.1. The fourth-order valence-electron chi connectivity index (χ4n) is 1.91. The van der Waals surface area contributed by atoms with Gasteiger partial charge in [-0.1, -0.05) is 56.1 Å². The second-order valence-electron chi connectivity index (χ2n) is 4.35. The topological polar surface area (TPSA) is 18.5 Å². The van der Waals surface area contributed by atoms with Crippen LogP contribution in [0.25, 0.3) is 0 Å². The molecular formula is C16H16Br2O2. The van der Waals surface area contributed by atoms with E-state index in [1.165, 1.54) is 11.1 Å². The molecule has 2 unspecified atom stereocenters. The molecule has 0 saturated heterocycles. The SMILES string of the molecule is COc1ccc(C(Br)C(Br)c2ccc(OC)cc2)cc1. The minimum absolute atomic E-state index is 0.182. The molecule has 0 bridgehead atoms. The smallest absolute Gasteiger partial charge is 0.118 e. The fraction of sp³-hybridized carbons (Fsp3) is 0.250. The molecule has 2 aromatic rings. The molecular weight excluding hydrogens is 384 g/mol. The lowest BCUT2D eigenvalue weighted by Gasteiger charge is -2.18. The van der Waals surface area contributed by atoms with Crippen molar-refractivity contribution in [2.75, 3.05) is 14.2 Å². The molecule has 0 aliphatic carbocycles. The summed E-state index contributed by atoms with van der Waals surface area (Å²) < 4.78 is 10.4. The Bertz CT molecular complexity index is 486. The van der Waals surface area contributed by atoms with Gasteiger partial charge in [-0.15, -0.1) is 0 Å². The number of ether oxygens (including phenoxy) is 2. The van der Waals surface area contributed by atoms with Crippen LogP contribution >= 0.6 is 31.9 Å². The Labute approximate surface area is 136 Å². The molecule has 2 atom stereocenters. The maximum atomic E-state index is 5.18. The lowest BCUT2D eigenvalue weighted by atomic mass is 10.0. The second kappa shape index (κ2) is 7.14. The Morgan fingerprint density at radius 1 is 0.650 bits per heavy atom. The number of alkyl halides is 2. The van der Waals surface area contributed by atoms with Crippen molar-refractivity contribution in [1.82, 2.24) is 0 Å². The van der Waals surface area contributed by atoms with Crippen LogP contribution in [0.4, 0.5) is 0 Å². The van der Waals surface area contributed by atoms with E-state index in [-0.39, 0.29) is 9.65 Å². The van der Waals surface area contributed by atoms with Crippen LogP contribution < -0.4 is 9.47 Å². The van der Waals surface area contributed by atoms with Crippen molar-refractivity contribution in [3.8, 4) is 11.5 Å². The molecule has 0 aliphatic rings. The van der Waals surface area contributed by atoms with E-state index in [4.69, 9.17) is 9.47 Å². The van der Waals surface area contributed by atoms with Crippen LogP contribution in [0, 0.1) is 0 Å². The first-order valence-corrected chi connectivity index (χ1v) is 8.05. The lowest BCUT2D eigenvalue weighted by molar-refractivity contribution is 0.414. The van der Waals surface area contributed by atoms with Crippen LogP contribution in [0.1, 0.15) is 20.8 Å². The highest BCUT2D eigenvalue weighted by molar-refractivity contribution is 9.12. The number of rotatable bonds is 5. The molecule has 0 N–H and O–H groups in total.